The molecule has 0 radical (unpaired) electrons. The van der Waals surface area contributed by atoms with E-state index < -0.39 is 0 Å². The lowest BCUT2D eigenvalue weighted by Gasteiger charge is -2.22. The summed E-state index contributed by atoms with van der Waals surface area (Å²) < 4.78 is 10.9. The Morgan fingerprint density at radius 3 is 2.88 bits per heavy atom. The molecule has 1 aliphatic heterocycles. The van der Waals surface area contributed by atoms with Crippen molar-refractivity contribution >= 4 is 23.2 Å². The van der Waals surface area contributed by atoms with Crippen LogP contribution in [0, 0.1) is 5.92 Å². The first-order chi connectivity index (χ1) is 11.7. The van der Waals surface area contributed by atoms with Gasteiger partial charge >= 0.3 is 0 Å². The van der Waals surface area contributed by atoms with Crippen molar-refractivity contribution in [2.75, 3.05) is 38.2 Å². The zero-order chi connectivity index (χ0) is 17.2. The van der Waals surface area contributed by atoms with Crippen molar-refractivity contribution < 1.29 is 14.3 Å². The lowest BCUT2D eigenvalue weighted by atomic mass is 9.93. The minimum Gasteiger partial charge on any atom is -0.487 e. The Balaban J connectivity index is 1.85. The lowest BCUT2D eigenvalue weighted by molar-refractivity contribution is -0.116. The van der Waals surface area contributed by atoms with Gasteiger partial charge in [0.1, 0.15) is 6.61 Å². The van der Waals surface area contributed by atoms with Crippen LogP contribution in [0.3, 0.4) is 0 Å². The van der Waals surface area contributed by atoms with E-state index in [1.807, 2.05) is 13.0 Å². The molecular weight excluding hydrogens is 328 g/mol. The number of piperidine rings is 1. The van der Waals surface area contributed by atoms with E-state index >= 15 is 0 Å². The van der Waals surface area contributed by atoms with Gasteiger partial charge in [0.15, 0.2) is 5.75 Å². The van der Waals surface area contributed by atoms with Crippen molar-refractivity contribution in [2.45, 2.75) is 32.6 Å². The van der Waals surface area contributed by atoms with Gasteiger partial charge in [0, 0.05) is 13.0 Å². The summed E-state index contributed by atoms with van der Waals surface area (Å²) in [5, 5.41) is 6.76. The predicted molar refractivity (Wildman–Crippen MR) is 96.9 cm³/mol. The molecule has 1 saturated heterocycles. The average Bonchev–Trinajstić information content (AvgIpc) is 2.60. The summed E-state index contributed by atoms with van der Waals surface area (Å²) in [6.07, 6.45) is 3.75. The number of carbonyl (C=O) groups is 1. The number of para-hydroxylation sites is 1. The third-order valence-corrected chi connectivity index (χ3v) is 4.46. The van der Waals surface area contributed by atoms with Gasteiger partial charge in [-0.1, -0.05) is 17.7 Å². The highest BCUT2D eigenvalue weighted by atomic mass is 35.5. The highest BCUT2D eigenvalue weighted by Gasteiger charge is 2.16. The van der Waals surface area contributed by atoms with Crippen molar-refractivity contribution in [3.63, 3.8) is 0 Å². The van der Waals surface area contributed by atoms with Crippen molar-refractivity contribution in [3.05, 3.63) is 23.2 Å². The van der Waals surface area contributed by atoms with Gasteiger partial charge in [-0.05, 0) is 57.3 Å². The summed E-state index contributed by atoms with van der Waals surface area (Å²) >= 11 is 6.20. The monoisotopic (exact) mass is 354 g/mol. The number of amides is 1. The highest BCUT2D eigenvalue weighted by molar-refractivity contribution is 6.32. The predicted octanol–water partition coefficient (Wildman–Crippen LogP) is 3.47. The number of hydrogen-bond acceptors (Lipinski definition) is 4. The van der Waals surface area contributed by atoms with Crippen molar-refractivity contribution in [2.24, 2.45) is 5.92 Å². The molecule has 0 aromatic heterocycles. The number of anilines is 1. The molecule has 1 amide bonds. The van der Waals surface area contributed by atoms with Crippen molar-refractivity contribution in [1.29, 1.82) is 0 Å². The summed E-state index contributed by atoms with van der Waals surface area (Å²) in [6.45, 7) is 5.58. The summed E-state index contributed by atoms with van der Waals surface area (Å²) in [5.74, 6) is 1.15. The molecule has 2 N–H and O–H groups in total. The van der Waals surface area contributed by atoms with Gasteiger partial charge in [-0.15, -0.1) is 0 Å². The van der Waals surface area contributed by atoms with E-state index in [1.165, 1.54) is 0 Å². The van der Waals surface area contributed by atoms with E-state index in [0.29, 0.717) is 48.6 Å². The Morgan fingerprint density at radius 1 is 1.33 bits per heavy atom. The topological polar surface area (TPSA) is 59.6 Å². The van der Waals surface area contributed by atoms with E-state index in [4.69, 9.17) is 21.1 Å². The van der Waals surface area contributed by atoms with Gasteiger partial charge in [0.25, 0.3) is 0 Å². The van der Waals surface area contributed by atoms with Crippen LogP contribution in [0.1, 0.15) is 32.6 Å². The molecule has 0 saturated carbocycles. The van der Waals surface area contributed by atoms with Crippen LogP contribution in [0.25, 0.3) is 0 Å². The second kappa shape index (κ2) is 10.5. The largest absolute Gasteiger partial charge is 0.487 e. The van der Waals surface area contributed by atoms with E-state index in [1.54, 1.807) is 12.1 Å². The van der Waals surface area contributed by atoms with E-state index in [-0.39, 0.29) is 5.91 Å². The van der Waals surface area contributed by atoms with E-state index in [0.717, 1.165) is 32.4 Å². The zero-order valence-corrected chi connectivity index (χ0v) is 15.0. The van der Waals surface area contributed by atoms with Gasteiger partial charge < -0.3 is 20.1 Å². The molecule has 5 nitrogen and oxygen atoms in total. The fraction of sp³-hybridized carbons (Fsp3) is 0.611. The Bertz CT molecular complexity index is 519. The average molecular weight is 355 g/mol. The quantitative estimate of drug-likeness (QED) is 0.666. The molecule has 0 atom stereocenters. The van der Waals surface area contributed by atoms with Crippen molar-refractivity contribution in [1.82, 2.24) is 5.32 Å². The molecule has 134 valence electrons. The van der Waals surface area contributed by atoms with Crippen LogP contribution in [-0.2, 0) is 9.53 Å². The van der Waals surface area contributed by atoms with Gasteiger partial charge in [-0.25, -0.2) is 0 Å². The maximum Gasteiger partial charge on any atom is 0.224 e. The van der Waals surface area contributed by atoms with Gasteiger partial charge in [0.05, 0.1) is 17.3 Å². The van der Waals surface area contributed by atoms with Crippen molar-refractivity contribution in [3.8, 4) is 5.75 Å². The van der Waals surface area contributed by atoms with Crippen LogP contribution < -0.4 is 15.4 Å². The molecule has 0 bridgehead atoms. The molecule has 1 fully saturated rings. The molecule has 0 aliphatic carbocycles. The number of ether oxygens (including phenoxy) is 2. The lowest BCUT2D eigenvalue weighted by Crippen LogP contribution is -2.28. The standard InChI is InChI=1S/C18H27ClN2O3/c1-2-23-12-13-24-18-15(19)4-3-5-16(18)21-17(22)7-6-14-8-10-20-11-9-14/h3-5,14,20H,2,6-13H2,1H3,(H,21,22). The molecule has 2 rings (SSSR count). The molecule has 1 heterocycles. The third kappa shape index (κ3) is 6.30. The first kappa shape index (κ1) is 19.0. The summed E-state index contributed by atoms with van der Waals surface area (Å²) in [7, 11) is 0. The van der Waals surface area contributed by atoms with Crippen LogP contribution >= 0.6 is 11.6 Å². The number of rotatable bonds is 9. The molecule has 6 heteroatoms. The SMILES string of the molecule is CCOCCOc1c(Cl)cccc1NC(=O)CCC1CCNCC1. The Morgan fingerprint density at radius 2 is 2.12 bits per heavy atom. The van der Waals surface area contributed by atoms with E-state index in [9.17, 15) is 4.79 Å². The molecule has 1 aromatic carbocycles. The number of nitrogens with one attached hydrogen (secondary N) is 2. The number of hydrogen-bond donors (Lipinski definition) is 2. The normalized spacial score (nSPS) is 15.2. The van der Waals surface area contributed by atoms with Crippen LogP contribution in [-0.4, -0.2) is 38.8 Å². The smallest absolute Gasteiger partial charge is 0.224 e. The first-order valence-electron chi connectivity index (χ1n) is 8.70. The summed E-state index contributed by atoms with van der Waals surface area (Å²) in [4.78, 5) is 12.2. The maximum absolute atomic E-state index is 12.2. The first-order valence-corrected chi connectivity index (χ1v) is 9.08. The van der Waals surface area contributed by atoms with Crippen LogP contribution in [0.15, 0.2) is 18.2 Å². The number of halogens is 1. The molecule has 0 spiro atoms. The fourth-order valence-corrected chi connectivity index (χ4v) is 3.05. The molecule has 0 unspecified atom stereocenters. The summed E-state index contributed by atoms with van der Waals surface area (Å²) in [5.41, 5.74) is 0.620. The molecule has 1 aliphatic rings. The van der Waals surface area contributed by atoms with Gasteiger partial charge in [-0.2, -0.15) is 0 Å². The fourth-order valence-electron chi connectivity index (χ4n) is 2.82. The second-order valence-electron chi connectivity index (χ2n) is 5.94. The Hall–Kier alpha value is -1.30. The van der Waals surface area contributed by atoms with Gasteiger partial charge in [-0.3, -0.25) is 4.79 Å². The molecular formula is C18H27ClN2O3. The second-order valence-corrected chi connectivity index (χ2v) is 6.35. The summed E-state index contributed by atoms with van der Waals surface area (Å²) in [6, 6.07) is 5.37. The van der Waals surface area contributed by atoms with Crippen LogP contribution in [0.4, 0.5) is 5.69 Å². The molecule has 1 aromatic rings. The van der Waals surface area contributed by atoms with E-state index in [2.05, 4.69) is 10.6 Å². The molecule has 24 heavy (non-hydrogen) atoms. The highest BCUT2D eigenvalue weighted by Crippen LogP contribution is 2.33. The Labute approximate surface area is 149 Å². The minimum atomic E-state index is 0.00505. The van der Waals surface area contributed by atoms with Crippen LogP contribution in [0.2, 0.25) is 5.02 Å². The Kier molecular flexibility index (Phi) is 8.36. The maximum atomic E-state index is 12.2. The minimum absolute atomic E-state index is 0.00505. The van der Waals surface area contributed by atoms with Gasteiger partial charge in [0.2, 0.25) is 5.91 Å². The number of benzene rings is 1. The third-order valence-electron chi connectivity index (χ3n) is 4.16. The number of carbonyl (C=O) groups excluding carboxylic acids is 1. The zero-order valence-electron chi connectivity index (χ0n) is 14.3. The van der Waals surface area contributed by atoms with Crippen LogP contribution in [0.5, 0.6) is 5.75 Å².